The van der Waals surface area contributed by atoms with E-state index in [2.05, 4.69) is 0 Å². The Morgan fingerprint density at radius 3 is 2.75 bits per heavy atom. The number of likely N-dealkylation sites (tertiary alicyclic amines) is 2. The number of rotatable bonds is 5. The highest BCUT2D eigenvalue weighted by Crippen LogP contribution is 2.41. The SMILES string of the molecule is COCCN1C[C@H](C(=O)N2[C@@H]3CCCC[C@H]3C[C@H]2C(=O)O)CC1=O. The Labute approximate surface area is 141 Å². The average molecular weight is 338 g/mol. The van der Waals surface area contributed by atoms with Crippen molar-refractivity contribution in [3.8, 4) is 0 Å². The van der Waals surface area contributed by atoms with Gasteiger partial charge in [0, 0.05) is 32.7 Å². The molecule has 24 heavy (non-hydrogen) atoms. The van der Waals surface area contributed by atoms with Crippen LogP contribution in [0.2, 0.25) is 0 Å². The maximum absolute atomic E-state index is 13.0. The van der Waals surface area contributed by atoms with Gasteiger partial charge < -0.3 is 19.6 Å². The molecule has 2 amide bonds. The van der Waals surface area contributed by atoms with E-state index in [1.807, 2.05) is 0 Å². The Kier molecular flexibility index (Phi) is 5.08. The van der Waals surface area contributed by atoms with Gasteiger partial charge in [-0.1, -0.05) is 12.8 Å². The largest absolute Gasteiger partial charge is 0.480 e. The van der Waals surface area contributed by atoms with Gasteiger partial charge >= 0.3 is 5.97 Å². The third-order valence-electron chi connectivity index (χ3n) is 5.76. The van der Waals surface area contributed by atoms with Crippen LogP contribution >= 0.6 is 0 Å². The zero-order chi connectivity index (χ0) is 17.3. The minimum Gasteiger partial charge on any atom is -0.480 e. The second kappa shape index (κ2) is 7.09. The number of ether oxygens (including phenoxy) is 1. The number of nitrogens with zero attached hydrogens (tertiary/aromatic N) is 2. The van der Waals surface area contributed by atoms with E-state index in [1.165, 1.54) is 0 Å². The lowest BCUT2D eigenvalue weighted by Gasteiger charge is -2.34. The van der Waals surface area contributed by atoms with Gasteiger partial charge in [0.1, 0.15) is 6.04 Å². The van der Waals surface area contributed by atoms with E-state index < -0.39 is 17.9 Å². The Morgan fingerprint density at radius 1 is 1.29 bits per heavy atom. The van der Waals surface area contributed by atoms with Crippen molar-refractivity contribution in [2.24, 2.45) is 11.8 Å². The lowest BCUT2D eigenvalue weighted by molar-refractivity contribution is -0.151. The molecule has 0 bridgehead atoms. The van der Waals surface area contributed by atoms with E-state index in [-0.39, 0.29) is 24.3 Å². The summed E-state index contributed by atoms with van der Waals surface area (Å²) in [6, 6.07) is -0.691. The van der Waals surface area contributed by atoms with E-state index in [0.717, 1.165) is 25.7 Å². The average Bonchev–Trinajstić information content (AvgIpc) is 3.13. The van der Waals surface area contributed by atoms with Gasteiger partial charge in [-0.15, -0.1) is 0 Å². The number of hydrogen-bond donors (Lipinski definition) is 1. The fourth-order valence-corrected chi connectivity index (χ4v) is 4.56. The van der Waals surface area contributed by atoms with E-state index in [9.17, 15) is 19.5 Å². The van der Waals surface area contributed by atoms with Crippen LogP contribution < -0.4 is 0 Å². The molecule has 7 nitrogen and oxygen atoms in total. The molecule has 2 aliphatic heterocycles. The van der Waals surface area contributed by atoms with Gasteiger partial charge in [-0.3, -0.25) is 9.59 Å². The molecule has 3 rings (SSSR count). The standard InChI is InChI=1S/C17H26N2O5/c1-24-7-6-18-10-12(9-15(18)20)16(21)19-13-5-3-2-4-11(13)8-14(19)17(22)23/h11-14H,2-10H2,1H3,(H,22,23)/t11-,12+,13+,14-/m0/s1. The molecule has 4 atom stereocenters. The number of hydrogen-bond acceptors (Lipinski definition) is 4. The van der Waals surface area contributed by atoms with E-state index in [0.29, 0.717) is 32.0 Å². The maximum atomic E-state index is 13.0. The number of amides is 2. The summed E-state index contributed by atoms with van der Waals surface area (Å²) in [5.41, 5.74) is 0. The number of carboxylic acid groups (broad SMARTS) is 1. The molecule has 0 unspecified atom stereocenters. The zero-order valence-electron chi connectivity index (χ0n) is 14.1. The van der Waals surface area contributed by atoms with Gasteiger partial charge in [0.25, 0.3) is 0 Å². The molecular weight excluding hydrogens is 312 g/mol. The molecule has 1 saturated carbocycles. The first-order valence-corrected chi connectivity index (χ1v) is 8.84. The van der Waals surface area contributed by atoms with Crippen LogP contribution in [0.1, 0.15) is 38.5 Å². The predicted molar refractivity (Wildman–Crippen MR) is 85.2 cm³/mol. The molecule has 0 aromatic rings. The highest BCUT2D eigenvalue weighted by Gasteiger charge is 2.50. The highest BCUT2D eigenvalue weighted by molar-refractivity contribution is 5.92. The molecule has 2 heterocycles. The molecule has 3 aliphatic rings. The minimum atomic E-state index is -0.918. The topological polar surface area (TPSA) is 87.2 Å². The van der Waals surface area contributed by atoms with Gasteiger partial charge in [-0.05, 0) is 25.2 Å². The quantitative estimate of drug-likeness (QED) is 0.798. The summed E-state index contributed by atoms with van der Waals surface area (Å²) in [6.45, 7) is 1.30. The number of carboxylic acids is 1. The van der Waals surface area contributed by atoms with Gasteiger partial charge in [0.2, 0.25) is 11.8 Å². The normalized spacial score (nSPS) is 33.0. The molecule has 0 radical (unpaired) electrons. The molecule has 0 aromatic carbocycles. The second-order valence-electron chi connectivity index (χ2n) is 7.18. The Bertz CT molecular complexity index is 523. The van der Waals surface area contributed by atoms with Gasteiger partial charge in [0.05, 0.1) is 12.5 Å². The number of aliphatic carboxylic acids is 1. The molecule has 0 aromatic heterocycles. The predicted octanol–water partition coefficient (Wildman–Crippen LogP) is 0.726. The molecular formula is C17H26N2O5. The van der Waals surface area contributed by atoms with Crippen LogP contribution in [0, 0.1) is 11.8 Å². The van der Waals surface area contributed by atoms with E-state index in [1.54, 1.807) is 16.9 Å². The molecule has 0 spiro atoms. The van der Waals surface area contributed by atoms with Crippen molar-refractivity contribution in [2.75, 3.05) is 26.8 Å². The fraction of sp³-hybridized carbons (Fsp3) is 0.824. The summed E-state index contributed by atoms with van der Waals surface area (Å²) < 4.78 is 5.00. The van der Waals surface area contributed by atoms with Crippen molar-refractivity contribution in [3.05, 3.63) is 0 Å². The van der Waals surface area contributed by atoms with Gasteiger partial charge in [-0.2, -0.15) is 0 Å². The molecule has 134 valence electrons. The van der Waals surface area contributed by atoms with Crippen molar-refractivity contribution >= 4 is 17.8 Å². The third kappa shape index (κ3) is 3.14. The zero-order valence-corrected chi connectivity index (χ0v) is 14.1. The van der Waals surface area contributed by atoms with Crippen molar-refractivity contribution in [2.45, 2.75) is 50.6 Å². The van der Waals surface area contributed by atoms with Gasteiger partial charge in [0.15, 0.2) is 0 Å². The lowest BCUT2D eigenvalue weighted by atomic mass is 9.84. The fourth-order valence-electron chi connectivity index (χ4n) is 4.56. The summed E-state index contributed by atoms with van der Waals surface area (Å²) in [5, 5.41) is 9.55. The van der Waals surface area contributed by atoms with Crippen molar-refractivity contribution in [3.63, 3.8) is 0 Å². The summed E-state index contributed by atoms with van der Waals surface area (Å²) >= 11 is 0. The summed E-state index contributed by atoms with van der Waals surface area (Å²) in [4.78, 5) is 40.0. The van der Waals surface area contributed by atoms with Crippen LogP contribution in [0.15, 0.2) is 0 Å². The van der Waals surface area contributed by atoms with Crippen molar-refractivity contribution in [1.82, 2.24) is 9.80 Å². The third-order valence-corrected chi connectivity index (χ3v) is 5.76. The smallest absolute Gasteiger partial charge is 0.326 e. The number of carbonyl (C=O) groups is 3. The number of fused-ring (bicyclic) bond motifs is 1. The summed E-state index contributed by atoms with van der Waals surface area (Å²) in [5.74, 6) is -1.23. The van der Waals surface area contributed by atoms with E-state index >= 15 is 0 Å². The monoisotopic (exact) mass is 338 g/mol. The Hall–Kier alpha value is -1.63. The Morgan fingerprint density at radius 2 is 2.04 bits per heavy atom. The molecule has 7 heteroatoms. The maximum Gasteiger partial charge on any atom is 0.326 e. The van der Waals surface area contributed by atoms with E-state index in [4.69, 9.17) is 4.74 Å². The first-order valence-electron chi connectivity index (χ1n) is 8.84. The number of methoxy groups -OCH3 is 1. The van der Waals surface area contributed by atoms with Crippen LogP contribution in [-0.4, -0.2) is 71.6 Å². The van der Waals surface area contributed by atoms with Crippen LogP contribution in [0.25, 0.3) is 0 Å². The summed E-state index contributed by atoms with van der Waals surface area (Å²) in [7, 11) is 1.58. The lowest BCUT2D eigenvalue weighted by Crippen LogP contribution is -2.49. The van der Waals surface area contributed by atoms with Crippen LogP contribution in [-0.2, 0) is 19.1 Å². The highest BCUT2D eigenvalue weighted by atomic mass is 16.5. The first kappa shape index (κ1) is 17.2. The van der Waals surface area contributed by atoms with Crippen LogP contribution in [0.4, 0.5) is 0 Å². The Balaban J connectivity index is 1.72. The summed E-state index contributed by atoms with van der Waals surface area (Å²) in [6.07, 6.45) is 4.78. The number of carbonyl (C=O) groups excluding carboxylic acids is 2. The molecule has 1 N–H and O–H groups in total. The molecule has 1 aliphatic carbocycles. The first-order chi connectivity index (χ1) is 11.5. The van der Waals surface area contributed by atoms with Crippen molar-refractivity contribution < 1.29 is 24.2 Å². The molecule has 2 saturated heterocycles. The minimum absolute atomic E-state index is 0.0375. The van der Waals surface area contributed by atoms with Crippen LogP contribution in [0.5, 0.6) is 0 Å². The second-order valence-corrected chi connectivity index (χ2v) is 7.18. The van der Waals surface area contributed by atoms with Gasteiger partial charge in [-0.25, -0.2) is 4.79 Å². The molecule has 3 fully saturated rings. The van der Waals surface area contributed by atoms with Crippen LogP contribution in [0.3, 0.4) is 0 Å². The van der Waals surface area contributed by atoms with Crippen molar-refractivity contribution in [1.29, 1.82) is 0 Å².